The molecule has 3 aromatic rings. The zero-order valence-corrected chi connectivity index (χ0v) is 25.4. The molecule has 0 unspecified atom stereocenters. The summed E-state index contributed by atoms with van der Waals surface area (Å²) < 4.78 is 75.2. The zero-order valence-electron chi connectivity index (χ0n) is 24.6. The number of nitrogens with zero attached hydrogens (tertiary/aromatic N) is 3. The van der Waals surface area contributed by atoms with Gasteiger partial charge in [0.05, 0.1) is 16.4 Å². The second-order valence-electron chi connectivity index (χ2n) is 11.8. The predicted octanol–water partition coefficient (Wildman–Crippen LogP) is 4.83. The maximum Gasteiger partial charge on any atom is 0.422 e. The van der Waals surface area contributed by atoms with Crippen LogP contribution in [0.3, 0.4) is 0 Å². The molecule has 0 radical (unpaired) electrons. The Hall–Kier alpha value is -4.47. The largest absolute Gasteiger partial charge is 0.456 e. The molecule has 2 saturated carbocycles. The number of ether oxygens (including phenoxy) is 2. The van der Waals surface area contributed by atoms with E-state index in [0.717, 1.165) is 5.56 Å². The third-order valence-corrected chi connectivity index (χ3v) is 8.57. The van der Waals surface area contributed by atoms with E-state index < -0.39 is 57.1 Å². The highest BCUT2D eigenvalue weighted by Gasteiger charge is 2.45. The molecule has 1 amide bonds. The molecule has 0 atom stereocenters. The van der Waals surface area contributed by atoms with Gasteiger partial charge in [0.1, 0.15) is 5.60 Å². The number of esters is 1. The van der Waals surface area contributed by atoms with Gasteiger partial charge >= 0.3 is 18.2 Å². The van der Waals surface area contributed by atoms with E-state index in [2.05, 4.69) is 30.3 Å². The topological polar surface area (TPSA) is 162 Å². The highest BCUT2D eigenvalue weighted by molar-refractivity contribution is 7.91. The number of anilines is 3. The Morgan fingerprint density at radius 3 is 2.07 bits per heavy atom. The van der Waals surface area contributed by atoms with E-state index in [1.54, 1.807) is 45.0 Å². The van der Waals surface area contributed by atoms with Gasteiger partial charge in [-0.05, 0) is 88.4 Å². The van der Waals surface area contributed by atoms with Crippen LogP contribution in [0.4, 0.5) is 30.8 Å². The van der Waals surface area contributed by atoms with Gasteiger partial charge in [0.15, 0.2) is 6.61 Å². The lowest BCUT2D eigenvalue weighted by Gasteiger charge is -2.20. The van der Waals surface area contributed by atoms with Crippen molar-refractivity contribution in [2.24, 2.45) is 0 Å². The van der Waals surface area contributed by atoms with Crippen LogP contribution in [-0.2, 0) is 20.3 Å². The quantitative estimate of drug-likeness (QED) is 0.244. The number of amides is 1. The van der Waals surface area contributed by atoms with E-state index in [1.165, 1.54) is 24.3 Å². The van der Waals surface area contributed by atoms with Crippen LogP contribution in [0.15, 0.2) is 48.5 Å². The first kappa shape index (κ1) is 31.9. The molecular formula is C29H31F3N6O6S. The third-order valence-electron chi connectivity index (χ3n) is 6.75. The van der Waals surface area contributed by atoms with Crippen molar-refractivity contribution in [1.82, 2.24) is 19.7 Å². The highest BCUT2D eigenvalue weighted by Crippen LogP contribution is 2.48. The molecule has 0 saturated heterocycles. The van der Waals surface area contributed by atoms with E-state index in [1.807, 2.05) is 0 Å². The maximum atomic E-state index is 12.9. The van der Waals surface area contributed by atoms with E-state index >= 15 is 0 Å². The minimum absolute atomic E-state index is 0.0649. The Bertz CT molecular complexity index is 1690. The molecule has 16 heteroatoms. The Labute approximate surface area is 257 Å². The minimum Gasteiger partial charge on any atom is -0.456 e. The third kappa shape index (κ3) is 8.59. The van der Waals surface area contributed by atoms with Gasteiger partial charge in [-0.3, -0.25) is 4.79 Å². The average Bonchev–Trinajstić information content (AvgIpc) is 3.86. The van der Waals surface area contributed by atoms with Gasteiger partial charge in [-0.2, -0.15) is 28.1 Å². The summed E-state index contributed by atoms with van der Waals surface area (Å²) in [7, 11) is -3.70. The molecule has 2 fully saturated rings. The number of aromatic nitrogens is 3. The van der Waals surface area contributed by atoms with Gasteiger partial charge in [0, 0.05) is 11.3 Å². The molecule has 240 valence electrons. The molecule has 0 spiro atoms. The van der Waals surface area contributed by atoms with Crippen LogP contribution in [0.5, 0.6) is 6.01 Å². The number of nitrogens with one attached hydrogen (secondary N) is 3. The summed E-state index contributed by atoms with van der Waals surface area (Å²) in [6, 6.07) is 11.9. The van der Waals surface area contributed by atoms with Gasteiger partial charge in [0.2, 0.25) is 21.9 Å². The molecule has 2 aliphatic rings. The fourth-order valence-electron chi connectivity index (χ4n) is 4.25. The first-order valence-electron chi connectivity index (χ1n) is 14.0. The molecule has 3 N–H and O–H groups in total. The summed E-state index contributed by atoms with van der Waals surface area (Å²) >= 11 is 0. The van der Waals surface area contributed by atoms with Crippen molar-refractivity contribution in [2.45, 2.75) is 69.0 Å². The lowest BCUT2D eigenvalue weighted by molar-refractivity contribution is -0.154. The van der Waals surface area contributed by atoms with Crippen molar-refractivity contribution in [3.8, 4) is 6.01 Å². The number of rotatable bonds is 11. The van der Waals surface area contributed by atoms with Crippen LogP contribution in [0, 0.1) is 0 Å². The lowest BCUT2D eigenvalue weighted by Crippen LogP contribution is -2.33. The summed E-state index contributed by atoms with van der Waals surface area (Å²) in [5, 5.41) is 5.49. The molecule has 2 aromatic carbocycles. The van der Waals surface area contributed by atoms with Gasteiger partial charge in [-0.15, -0.1) is 0 Å². The summed E-state index contributed by atoms with van der Waals surface area (Å²) in [4.78, 5) is 37.1. The summed E-state index contributed by atoms with van der Waals surface area (Å²) in [5.74, 6) is -1.43. The van der Waals surface area contributed by atoms with E-state index in [-0.39, 0.29) is 17.5 Å². The zero-order chi connectivity index (χ0) is 32.6. The monoisotopic (exact) mass is 648 g/mol. The van der Waals surface area contributed by atoms with Gasteiger partial charge in [-0.25, -0.2) is 17.9 Å². The number of hydrogen-bond donors (Lipinski definition) is 3. The normalized spacial score (nSPS) is 16.0. The first-order valence-corrected chi connectivity index (χ1v) is 15.6. The number of hydrogen-bond acceptors (Lipinski definition) is 11. The number of carbonyl (C=O) groups excluding carboxylic acids is 2. The van der Waals surface area contributed by atoms with Crippen molar-refractivity contribution < 1.29 is 40.7 Å². The van der Waals surface area contributed by atoms with Crippen molar-refractivity contribution in [3.05, 3.63) is 65.2 Å². The Balaban J connectivity index is 1.33. The molecule has 0 aliphatic heterocycles. The number of sulfonamides is 1. The van der Waals surface area contributed by atoms with Crippen molar-refractivity contribution in [1.29, 1.82) is 0 Å². The van der Waals surface area contributed by atoms with Crippen molar-refractivity contribution in [3.63, 3.8) is 0 Å². The Morgan fingerprint density at radius 1 is 0.911 bits per heavy atom. The number of halogens is 3. The number of benzene rings is 2. The number of carbonyl (C=O) groups is 2. The van der Waals surface area contributed by atoms with Gasteiger partial charge in [0.25, 0.3) is 5.91 Å². The van der Waals surface area contributed by atoms with Crippen LogP contribution in [0.25, 0.3) is 0 Å². The van der Waals surface area contributed by atoms with Crippen LogP contribution in [0.2, 0.25) is 0 Å². The molecule has 1 aromatic heterocycles. The standard InChI is InChI=1S/C29H31F3N6O6S/c1-27(2,3)44-23(40)18-6-10-20(11-7-18)33-24-34-25(36-26(35-24)43-16-29(30,31)32)37-28(14-15-28)19-8-4-17(5-9-19)22(39)38-45(41,42)21-12-13-21/h4-11,21H,12-16H2,1-3H3,(H,38,39)(H2,33,34,35,36,37). The fourth-order valence-corrected chi connectivity index (χ4v) is 5.55. The maximum absolute atomic E-state index is 12.9. The molecule has 0 bridgehead atoms. The molecule has 5 rings (SSSR count). The summed E-state index contributed by atoms with van der Waals surface area (Å²) in [5.41, 5.74) is 0.250. The van der Waals surface area contributed by atoms with Crippen molar-refractivity contribution in [2.75, 3.05) is 17.2 Å². The molecule has 45 heavy (non-hydrogen) atoms. The second-order valence-corrected chi connectivity index (χ2v) is 13.8. The summed E-state index contributed by atoms with van der Waals surface area (Å²) in [6.45, 7) is 3.62. The van der Waals surface area contributed by atoms with Crippen molar-refractivity contribution >= 4 is 39.5 Å². The van der Waals surface area contributed by atoms with Gasteiger partial charge < -0.3 is 20.1 Å². The summed E-state index contributed by atoms with van der Waals surface area (Å²) in [6.07, 6.45) is -2.35. The predicted molar refractivity (Wildman–Crippen MR) is 157 cm³/mol. The van der Waals surface area contributed by atoms with Gasteiger partial charge in [-0.1, -0.05) is 12.1 Å². The molecule has 1 heterocycles. The first-order chi connectivity index (χ1) is 21.0. The average molecular weight is 649 g/mol. The Kier molecular flexibility index (Phi) is 8.37. The van der Waals surface area contributed by atoms with E-state index in [4.69, 9.17) is 9.47 Å². The smallest absolute Gasteiger partial charge is 0.422 e. The van der Waals surface area contributed by atoms with Crippen LogP contribution in [0.1, 0.15) is 72.7 Å². The SMILES string of the molecule is CC(C)(C)OC(=O)c1ccc(Nc2nc(NC3(c4ccc(C(=O)NS(=O)(=O)C5CC5)cc4)CC3)nc(OCC(F)(F)F)n2)cc1. The second kappa shape index (κ2) is 11.8. The Morgan fingerprint density at radius 2 is 1.51 bits per heavy atom. The molecular weight excluding hydrogens is 617 g/mol. The van der Waals surface area contributed by atoms with Crippen LogP contribution < -0.4 is 20.1 Å². The molecule has 2 aliphatic carbocycles. The molecule has 12 nitrogen and oxygen atoms in total. The fraction of sp³-hybridized carbons (Fsp3) is 0.414. The van der Waals surface area contributed by atoms with Crippen LogP contribution >= 0.6 is 0 Å². The highest BCUT2D eigenvalue weighted by atomic mass is 32.2. The van der Waals surface area contributed by atoms with E-state index in [9.17, 15) is 31.2 Å². The lowest BCUT2D eigenvalue weighted by atomic mass is 10.0. The van der Waals surface area contributed by atoms with E-state index in [0.29, 0.717) is 36.9 Å². The number of alkyl halides is 3. The minimum atomic E-state index is -4.63. The van der Waals surface area contributed by atoms with Crippen LogP contribution in [-0.4, -0.2) is 58.9 Å².